The van der Waals surface area contributed by atoms with Gasteiger partial charge in [0.05, 0.1) is 18.9 Å². The van der Waals surface area contributed by atoms with Gasteiger partial charge >= 0.3 is 0 Å². The molecule has 98 valence electrons. The first kappa shape index (κ1) is 12.8. The first-order chi connectivity index (χ1) is 8.03. The van der Waals surface area contributed by atoms with Crippen LogP contribution >= 0.6 is 0 Å². The predicted molar refractivity (Wildman–Crippen MR) is 65.1 cm³/mol. The minimum Gasteiger partial charge on any atom is -0.411 e. The van der Waals surface area contributed by atoms with E-state index in [1.165, 1.54) is 0 Å². The molecule has 2 saturated heterocycles. The summed E-state index contributed by atoms with van der Waals surface area (Å²) in [6.07, 6.45) is 0.981. The molecule has 0 aromatic carbocycles. The van der Waals surface area contributed by atoms with Gasteiger partial charge in [-0.2, -0.15) is 0 Å². The van der Waals surface area contributed by atoms with Crippen LogP contribution in [0.3, 0.4) is 0 Å². The normalized spacial score (nSPS) is 43.8. The molecule has 5 atom stereocenters. The third kappa shape index (κ3) is 1.97. The number of fused-ring (bicyclic) bond motifs is 2. The summed E-state index contributed by atoms with van der Waals surface area (Å²) >= 11 is 0. The fourth-order valence-electron chi connectivity index (χ4n) is 2.99. The number of hydrogen-bond acceptors (Lipinski definition) is 4. The first-order valence-electron chi connectivity index (χ1n) is 6.53. The van der Waals surface area contributed by atoms with Crippen molar-refractivity contribution in [3.05, 3.63) is 0 Å². The second kappa shape index (κ2) is 4.58. The Balaban J connectivity index is 2.19. The van der Waals surface area contributed by atoms with Crippen molar-refractivity contribution in [2.75, 3.05) is 13.2 Å². The largest absolute Gasteiger partial charge is 0.411 e. The summed E-state index contributed by atoms with van der Waals surface area (Å²) < 4.78 is 11.6. The molecule has 0 spiro atoms. The van der Waals surface area contributed by atoms with Crippen LogP contribution in [-0.2, 0) is 9.47 Å². The van der Waals surface area contributed by atoms with Gasteiger partial charge in [-0.1, -0.05) is 25.9 Å². The highest BCUT2D eigenvalue weighted by molar-refractivity contribution is 5.88. The lowest BCUT2D eigenvalue weighted by Crippen LogP contribution is -2.46. The van der Waals surface area contributed by atoms with Crippen LogP contribution in [0.1, 0.15) is 34.1 Å². The van der Waals surface area contributed by atoms with E-state index in [1.54, 1.807) is 0 Å². The molecule has 2 bridgehead atoms. The minimum absolute atomic E-state index is 0.195. The standard InChI is InChI=1S/C13H23NO3/c1-5-8(2)12(14-15)11-7-17-13(4)9(3)10(11)6-16-13/h8-11,15H,5-7H2,1-4H3/b14-12+/t8?,9-,10+,11+,13+/m1/s1. The zero-order valence-corrected chi connectivity index (χ0v) is 11.1. The van der Waals surface area contributed by atoms with E-state index in [0.29, 0.717) is 31.0 Å². The average molecular weight is 241 g/mol. The van der Waals surface area contributed by atoms with E-state index >= 15 is 0 Å². The van der Waals surface area contributed by atoms with Crippen molar-refractivity contribution in [3.8, 4) is 0 Å². The smallest absolute Gasteiger partial charge is 0.168 e. The summed E-state index contributed by atoms with van der Waals surface area (Å²) in [6, 6.07) is 0. The Hall–Kier alpha value is -0.610. The quantitative estimate of drug-likeness (QED) is 0.469. The molecule has 2 aliphatic heterocycles. The molecule has 0 aliphatic carbocycles. The molecule has 2 fully saturated rings. The highest BCUT2D eigenvalue weighted by Gasteiger charge is 2.53. The van der Waals surface area contributed by atoms with E-state index in [4.69, 9.17) is 9.47 Å². The second-order valence-corrected chi connectivity index (χ2v) is 5.53. The van der Waals surface area contributed by atoms with Gasteiger partial charge in [-0.3, -0.25) is 0 Å². The molecule has 0 saturated carbocycles. The number of rotatable bonds is 3. The minimum atomic E-state index is -0.433. The fraction of sp³-hybridized carbons (Fsp3) is 0.923. The van der Waals surface area contributed by atoms with Crippen molar-refractivity contribution in [2.24, 2.45) is 28.8 Å². The van der Waals surface area contributed by atoms with Gasteiger partial charge < -0.3 is 14.7 Å². The lowest BCUT2D eigenvalue weighted by Gasteiger charge is -2.39. The van der Waals surface area contributed by atoms with Gasteiger partial charge in [0.1, 0.15) is 0 Å². The topological polar surface area (TPSA) is 51.1 Å². The van der Waals surface area contributed by atoms with Gasteiger partial charge in [0.2, 0.25) is 0 Å². The first-order valence-corrected chi connectivity index (χ1v) is 6.53. The molecule has 1 unspecified atom stereocenters. The summed E-state index contributed by atoms with van der Waals surface area (Å²) in [7, 11) is 0. The highest BCUT2D eigenvalue weighted by atomic mass is 16.7. The maximum atomic E-state index is 9.25. The maximum Gasteiger partial charge on any atom is 0.168 e. The molecule has 2 aliphatic rings. The molecule has 17 heavy (non-hydrogen) atoms. The monoisotopic (exact) mass is 241 g/mol. The van der Waals surface area contributed by atoms with Crippen LogP contribution in [0.15, 0.2) is 5.16 Å². The Morgan fingerprint density at radius 2 is 2.12 bits per heavy atom. The summed E-state index contributed by atoms with van der Waals surface area (Å²) in [5.74, 6) is 0.818. The number of nitrogens with zero attached hydrogens (tertiary/aromatic N) is 1. The zero-order valence-electron chi connectivity index (χ0n) is 11.1. The van der Waals surface area contributed by atoms with Crippen molar-refractivity contribution in [1.29, 1.82) is 0 Å². The van der Waals surface area contributed by atoms with Crippen LogP contribution in [0.2, 0.25) is 0 Å². The van der Waals surface area contributed by atoms with Gasteiger partial charge in [0.25, 0.3) is 0 Å². The van der Waals surface area contributed by atoms with Gasteiger partial charge in [-0.15, -0.1) is 0 Å². The molecule has 4 heteroatoms. The maximum absolute atomic E-state index is 9.25. The molecular formula is C13H23NO3. The van der Waals surface area contributed by atoms with Crippen molar-refractivity contribution in [1.82, 2.24) is 0 Å². The van der Waals surface area contributed by atoms with E-state index in [1.807, 2.05) is 6.92 Å². The number of hydrogen-bond donors (Lipinski definition) is 1. The molecule has 0 aromatic rings. The molecule has 2 heterocycles. The molecule has 0 radical (unpaired) electrons. The van der Waals surface area contributed by atoms with Gasteiger partial charge in [-0.25, -0.2) is 0 Å². The zero-order chi connectivity index (χ0) is 12.6. The van der Waals surface area contributed by atoms with Gasteiger partial charge in [0, 0.05) is 17.8 Å². The van der Waals surface area contributed by atoms with Crippen LogP contribution in [-0.4, -0.2) is 29.9 Å². The van der Waals surface area contributed by atoms with Crippen LogP contribution in [0.5, 0.6) is 0 Å². The Kier molecular flexibility index (Phi) is 3.46. The Morgan fingerprint density at radius 1 is 1.47 bits per heavy atom. The van der Waals surface area contributed by atoms with Crippen LogP contribution in [0, 0.1) is 23.7 Å². The molecule has 0 aromatic heterocycles. The molecule has 0 amide bonds. The SMILES string of the molecule is CCC(C)/C(=N\O)[C@H]1CO[C@]2(C)OC[C@H]1[C@H]2C. The molecular weight excluding hydrogens is 218 g/mol. The lowest BCUT2D eigenvalue weighted by molar-refractivity contribution is -0.228. The third-order valence-electron chi connectivity index (χ3n) is 4.71. The van der Waals surface area contributed by atoms with Gasteiger partial charge in [0.15, 0.2) is 5.79 Å². The predicted octanol–water partition coefficient (Wildman–Crippen LogP) is 2.51. The van der Waals surface area contributed by atoms with Crippen LogP contribution in [0.25, 0.3) is 0 Å². The van der Waals surface area contributed by atoms with Crippen molar-refractivity contribution < 1.29 is 14.7 Å². The summed E-state index contributed by atoms with van der Waals surface area (Å²) in [6.45, 7) is 9.69. The van der Waals surface area contributed by atoms with Crippen molar-refractivity contribution in [3.63, 3.8) is 0 Å². The van der Waals surface area contributed by atoms with E-state index in [-0.39, 0.29) is 5.92 Å². The Labute approximate surface area is 103 Å². The summed E-state index contributed by atoms with van der Waals surface area (Å²) in [5, 5.41) is 12.8. The summed E-state index contributed by atoms with van der Waals surface area (Å²) in [4.78, 5) is 0. The lowest BCUT2D eigenvalue weighted by atomic mass is 9.74. The third-order valence-corrected chi connectivity index (χ3v) is 4.71. The highest BCUT2D eigenvalue weighted by Crippen LogP contribution is 2.46. The van der Waals surface area contributed by atoms with E-state index in [9.17, 15) is 5.21 Å². The van der Waals surface area contributed by atoms with E-state index in [2.05, 4.69) is 25.9 Å². The van der Waals surface area contributed by atoms with Crippen LogP contribution in [0.4, 0.5) is 0 Å². The molecule has 2 rings (SSSR count). The van der Waals surface area contributed by atoms with Crippen LogP contribution < -0.4 is 0 Å². The number of oxime groups is 1. The average Bonchev–Trinajstić information content (AvgIpc) is 2.51. The van der Waals surface area contributed by atoms with E-state index < -0.39 is 5.79 Å². The second-order valence-electron chi connectivity index (χ2n) is 5.53. The molecule has 4 nitrogen and oxygen atoms in total. The Morgan fingerprint density at radius 3 is 2.71 bits per heavy atom. The van der Waals surface area contributed by atoms with E-state index in [0.717, 1.165) is 12.1 Å². The van der Waals surface area contributed by atoms with Crippen molar-refractivity contribution in [2.45, 2.75) is 39.9 Å². The fourth-order valence-corrected chi connectivity index (χ4v) is 2.99. The number of ether oxygens (including phenoxy) is 2. The summed E-state index contributed by atoms with van der Waals surface area (Å²) in [5.41, 5.74) is 0.872. The Bertz CT molecular complexity index is 318. The van der Waals surface area contributed by atoms with Crippen molar-refractivity contribution >= 4 is 5.71 Å². The van der Waals surface area contributed by atoms with Gasteiger partial charge in [-0.05, 0) is 19.3 Å². The molecule has 1 N–H and O–H groups in total.